The SMILES string of the molecule is CC[C@H](C)[C@@H]([C@@H](CC(=O)N1CCC[C@H]1[C@H](OC)[C@@H](C)C(=O)C[C@H](C)[C@@H](O)c1ccccc1)OC)N(C)C(=O)[C@@H](CC(=O)[C@H](C(C)C)N(C)C(=O)OCc1ccc(NCC(=O)CCCCCN2C(=O)CC(SC)C2=O)cc1)C(C)C. The molecule has 440 valence electrons. The maximum atomic E-state index is 14.8. The Labute approximate surface area is 474 Å². The molecular formula is C61H93N5O12S. The van der Waals surface area contributed by atoms with E-state index in [1.54, 1.807) is 55.3 Å². The zero-order valence-electron chi connectivity index (χ0n) is 49.4. The van der Waals surface area contributed by atoms with E-state index >= 15 is 0 Å². The number of carbonyl (C=O) groups is 8. The van der Waals surface area contributed by atoms with Crippen molar-refractivity contribution in [3.63, 3.8) is 0 Å². The summed E-state index contributed by atoms with van der Waals surface area (Å²) in [5, 5.41) is 13.8. The van der Waals surface area contributed by atoms with Crippen LogP contribution in [-0.4, -0.2) is 162 Å². The number of hydrogen-bond donors (Lipinski definition) is 2. The fourth-order valence-electron chi connectivity index (χ4n) is 11.4. The second-order valence-corrected chi connectivity index (χ2v) is 23.7. The molecule has 0 saturated carbocycles. The number of anilines is 1. The number of nitrogens with zero attached hydrogens (tertiary/aromatic N) is 4. The third-order valence-electron chi connectivity index (χ3n) is 16.4. The molecule has 2 saturated heterocycles. The lowest BCUT2D eigenvalue weighted by Gasteiger charge is -2.41. The lowest BCUT2D eigenvalue weighted by atomic mass is 9.83. The molecule has 2 heterocycles. The highest BCUT2D eigenvalue weighted by Crippen LogP contribution is 2.33. The number of imide groups is 1. The molecule has 0 spiro atoms. The number of aliphatic hydroxyl groups excluding tert-OH is 1. The van der Waals surface area contributed by atoms with Gasteiger partial charge in [0, 0.05) is 84.6 Å². The van der Waals surface area contributed by atoms with Crippen molar-refractivity contribution in [3.8, 4) is 0 Å². The minimum Gasteiger partial charge on any atom is -0.445 e. The molecule has 2 aliphatic rings. The summed E-state index contributed by atoms with van der Waals surface area (Å²) in [6.45, 7) is 16.2. The molecule has 5 amide bonds. The van der Waals surface area contributed by atoms with Gasteiger partial charge in [-0.15, -0.1) is 0 Å². The average molecular weight is 1120 g/mol. The van der Waals surface area contributed by atoms with Gasteiger partial charge in [-0.25, -0.2) is 4.79 Å². The van der Waals surface area contributed by atoms with Gasteiger partial charge >= 0.3 is 6.09 Å². The largest absolute Gasteiger partial charge is 0.445 e. The fraction of sp³-hybridized carbons (Fsp3) is 0.672. The molecule has 2 fully saturated rings. The van der Waals surface area contributed by atoms with Gasteiger partial charge in [0.2, 0.25) is 23.6 Å². The van der Waals surface area contributed by atoms with Crippen molar-refractivity contribution < 1.29 is 57.7 Å². The third kappa shape index (κ3) is 18.4. The first-order valence-corrected chi connectivity index (χ1v) is 29.8. The Hall–Kier alpha value is -5.17. The number of hydrogen-bond acceptors (Lipinski definition) is 14. The summed E-state index contributed by atoms with van der Waals surface area (Å²) in [6.07, 6.45) is 3.81. The first-order valence-electron chi connectivity index (χ1n) is 28.5. The van der Waals surface area contributed by atoms with E-state index in [2.05, 4.69) is 5.32 Å². The van der Waals surface area contributed by atoms with Gasteiger partial charge in [-0.05, 0) is 78.9 Å². The van der Waals surface area contributed by atoms with Gasteiger partial charge in [-0.3, -0.25) is 38.5 Å². The molecule has 17 nitrogen and oxygen atoms in total. The van der Waals surface area contributed by atoms with Crippen LogP contribution in [0.1, 0.15) is 143 Å². The van der Waals surface area contributed by atoms with Crippen molar-refractivity contribution in [3.05, 3.63) is 65.7 Å². The summed E-state index contributed by atoms with van der Waals surface area (Å²) in [6, 6.07) is 14.7. The highest BCUT2D eigenvalue weighted by molar-refractivity contribution is 8.00. The normalized spacial score (nSPS) is 19.1. The second-order valence-electron chi connectivity index (χ2n) is 22.7. The summed E-state index contributed by atoms with van der Waals surface area (Å²) in [5.41, 5.74) is 2.17. The molecule has 2 N–H and O–H groups in total. The van der Waals surface area contributed by atoms with Gasteiger partial charge in [0.05, 0.1) is 54.7 Å². The number of carbonyl (C=O) groups excluding carboxylic acids is 8. The summed E-state index contributed by atoms with van der Waals surface area (Å²) < 4.78 is 17.8. The Morgan fingerprint density at radius 2 is 1.48 bits per heavy atom. The van der Waals surface area contributed by atoms with E-state index in [1.165, 1.54) is 28.6 Å². The molecule has 4 rings (SSSR count). The molecule has 11 atom stereocenters. The molecule has 2 aliphatic heterocycles. The van der Waals surface area contributed by atoms with Gasteiger partial charge in [0.25, 0.3) is 0 Å². The highest BCUT2D eigenvalue weighted by atomic mass is 32.2. The molecule has 2 aromatic carbocycles. The minimum atomic E-state index is -0.886. The van der Waals surface area contributed by atoms with Gasteiger partial charge in [0.1, 0.15) is 12.4 Å². The van der Waals surface area contributed by atoms with Crippen molar-refractivity contribution in [2.75, 3.05) is 59.5 Å². The van der Waals surface area contributed by atoms with Crippen LogP contribution >= 0.6 is 11.8 Å². The Morgan fingerprint density at radius 3 is 2.06 bits per heavy atom. The van der Waals surface area contributed by atoms with Gasteiger partial charge < -0.3 is 39.3 Å². The number of benzene rings is 2. The van der Waals surface area contributed by atoms with E-state index in [-0.39, 0.29) is 115 Å². The van der Waals surface area contributed by atoms with Crippen LogP contribution < -0.4 is 5.32 Å². The van der Waals surface area contributed by atoms with E-state index in [0.717, 1.165) is 24.1 Å². The number of likely N-dealkylation sites (tertiary alicyclic amines) is 2. The van der Waals surface area contributed by atoms with Crippen LogP contribution in [0.25, 0.3) is 0 Å². The summed E-state index contributed by atoms with van der Waals surface area (Å²) in [5.74, 6) is -3.25. The molecule has 0 bridgehead atoms. The zero-order valence-corrected chi connectivity index (χ0v) is 50.3. The second kappa shape index (κ2) is 32.3. The van der Waals surface area contributed by atoms with Crippen LogP contribution in [-0.2, 0) is 54.4 Å². The van der Waals surface area contributed by atoms with Crippen molar-refractivity contribution in [2.24, 2.45) is 35.5 Å². The number of amides is 5. The molecule has 1 unspecified atom stereocenters. The number of unbranched alkanes of at least 4 members (excludes halogenated alkanes) is 2. The minimum absolute atomic E-state index is 0.0216. The van der Waals surface area contributed by atoms with Gasteiger partial charge in [-0.1, -0.05) is 111 Å². The van der Waals surface area contributed by atoms with E-state index < -0.39 is 48.3 Å². The van der Waals surface area contributed by atoms with Gasteiger partial charge in [-0.2, -0.15) is 11.8 Å². The quantitative estimate of drug-likeness (QED) is 0.0496. The van der Waals surface area contributed by atoms with Crippen LogP contribution in [0.5, 0.6) is 0 Å². The maximum Gasteiger partial charge on any atom is 0.410 e. The molecule has 18 heteroatoms. The maximum absolute atomic E-state index is 14.8. The monoisotopic (exact) mass is 1120 g/mol. The lowest BCUT2D eigenvalue weighted by molar-refractivity contribution is -0.149. The smallest absolute Gasteiger partial charge is 0.410 e. The molecule has 0 aliphatic carbocycles. The van der Waals surface area contributed by atoms with Crippen LogP contribution in [0.2, 0.25) is 0 Å². The number of likely N-dealkylation sites (N-methyl/N-ethyl adjacent to an activating group) is 2. The molecule has 0 radical (unpaired) electrons. The number of methoxy groups -OCH3 is 2. The third-order valence-corrected chi connectivity index (χ3v) is 17.3. The standard InChI is InChI=1S/C61H93N5O12S/c1-14-40(6)56(51(76-11)34-53(70)65-31-21-25-48(65)58(77-12)42(8)49(68)32-41(7)57(72)44-22-17-15-18-23-44)63(9)59(73)47(38(2)3)33-50(69)55(39(4)5)64(10)61(75)78-37-43-26-28-45(29-27-43)62-36-46(67)24-19-16-20-30-66-54(71)35-52(79-13)60(66)74/h15,17-18,22-23,26-29,38-42,47-48,51-52,55-58,62,72H,14,16,19-21,24-25,30-37H2,1-13H3/t40-,41-,42-,47-,48-,51+,52?,55-,56-,57+,58+/m0/s1. The fourth-order valence-corrected chi connectivity index (χ4v) is 12.0. The van der Waals surface area contributed by atoms with Crippen LogP contribution in [0.3, 0.4) is 0 Å². The van der Waals surface area contributed by atoms with E-state index in [0.29, 0.717) is 50.8 Å². The number of nitrogens with one attached hydrogen (secondary N) is 1. The summed E-state index contributed by atoms with van der Waals surface area (Å²) in [4.78, 5) is 114. The average Bonchev–Trinajstić information content (AvgIpc) is 4.04. The van der Waals surface area contributed by atoms with Crippen molar-refractivity contribution in [1.29, 1.82) is 0 Å². The number of rotatable bonds is 34. The van der Waals surface area contributed by atoms with E-state index in [4.69, 9.17) is 14.2 Å². The Balaban J connectivity index is 1.32. The summed E-state index contributed by atoms with van der Waals surface area (Å²) >= 11 is 1.40. The number of ketones is 3. The molecule has 79 heavy (non-hydrogen) atoms. The first kappa shape index (κ1) is 66.3. The molecule has 0 aromatic heterocycles. The molecule has 2 aromatic rings. The van der Waals surface area contributed by atoms with E-state index in [1.807, 2.05) is 92.0 Å². The van der Waals surface area contributed by atoms with Gasteiger partial charge in [0.15, 0.2) is 11.6 Å². The van der Waals surface area contributed by atoms with Crippen molar-refractivity contribution >= 4 is 64.5 Å². The highest BCUT2D eigenvalue weighted by Gasteiger charge is 2.44. The van der Waals surface area contributed by atoms with Crippen molar-refractivity contribution in [2.45, 2.75) is 174 Å². The predicted molar refractivity (Wildman–Crippen MR) is 308 cm³/mol. The van der Waals surface area contributed by atoms with Crippen LogP contribution in [0.4, 0.5) is 10.5 Å². The molecular weight excluding hydrogens is 1030 g/mol. The Bertz CT molecular complexity index is 2320. The summed E-state index contributed by atoms with van der Waals surface area (Å²) in [7, 11) is 6.34. The van der Waals surface area contributed by atoms with E-state index in [9.17, 15) is 43.5 Å². The first-order chi connectivity index (χ1) is 37.5. The number of ether oxygens (including phenoxy) is 3. The topological polar surface area (TPSA) is 209 Å². The van der Waals surface area contributed by atoms with Crippen LogP contribution in [0, 0.1) is 35.5 Å². The lowest BCUT2D eigenvalue weighted by Crippen LogP contribution is -2.54. The number of Topliss-reactive ketones (excluding diaryl/α,β-unsaturated/α-hetero) is 3. The van der Waals surface area contributed by atoms with Crippen LogP contribution in [0.15, 0.2) is 54.6 Å². The number of aliphatic hydroxyl groups is 1. The van der Waals surface area contributed by atoms with Crippen molar-refractivity contribution in [1.82, 2.24) is 19.6 Å². The zero-order chi connectivity index (χ0) is 58.7. The Kier molecular flexibility index (Phi) is 27.1. The Morgan fingerprint density at radius 1 is 0.810 bits per heavy atom. The predicted octanol–water partition coefficient (Wildman–Crippen LogP) is 8.79. The number of thioether (sulfide) groups is 1.